The molecule has 112 valence electrons. The van der Waals surface area contributed by atoms with Crippen molar-refractivity contribution in [1.82, 2.24) is 10.2 Å². The van der Waals surface area contributed by atoms with Gasteiger partial charge in [0.1, 0.15) is 0 Å². The van der Waals surface area contributed by atoms with E-state index in [-0.39, 0.29) is 12.5 Å². The average Bonchev–Trinajstić information content (AvgIpc) is 2.30. The highest BCUT2D eigenvalue weighted by Gasteiger charge is 2.22. The van der Waals surface area contributed by atoms with Crippen LogP contribution in [0.2, 0.25) is 0 Å². The summed E-state index contributed by atoms with van der Waals surface area (Å²) in [4.78, 5) is 13.9. The highest BCUT2D eigenvalue weighted by Crippen LogP contribution is 2.11. The molecule has 0 aliphatic carbocycles. The molecule has 1 atom stereocenters. The largest absolute Gasteiger partial charge is 0.387 e. The van der Waals surface area contributed by atoms with E-state index >= 15 is 0 Å². The minimum absolute atomic E-state index is 0.0577. The van der Waals surface area contributed by atoms with E-state index in [1.165, 1.54) is 0 Å². The molecule has 0 bridgehead atoms. The Kier molecular flexibility index (Phi) is 5.72. The van der Waals surface area contributed by atoms with Gasteiger partial charge in [0.25, 0.3) is 0 Å². The number of benzene rings is 1. The van der Waals surface area contributed by atoms with E-state index in [0.29, 0.717) is 13.0 Å². The first kappa shape index (κ1) is 16.7. The van der Waals surface area contributed by atoms with E-state index in [1.54, 1.807) is 6.92 Å². The van der Waals surface area contributed by atoms with E-state index in [9.17, 15) is 9.90 Å². The van der Waals surface area contributed by atoms with Gasteiger partial charge in [-0.15, -0.1) is 0 Å². The summed E-state index contributed by atoms with van der Waals surface area (Å²) < 4.78 is 0. The summed E-state index contributed by atoms with van der Waals surface area (Å²) in [7, 11) is 3.79. The third-order valence-corrected chi connectivity index (χ3v) is 3.18. The summed E-state index contributed by atoms with van der Waals surface area (Å²) in [6, 6.07) is 6.10. The maximum absolute atomic E-state index is 12.0. The van der Waals surface area contributed by atoms with E-state index in [0.717, 1.165) is 16.7 Å². The number of hydrogen-bond acceptors (Lipinski definition) is 3. The van der Waals surface area contributed by atoms with Crippen molar-refractivity contribution in [3.8, 4) is 0 Å². The van der Waals surface area contributed by atoms with Crippen molar-refractivity contribution in [2.24, 2.45) is 0 Å². The number of amides is 1. The van der Waals surface area contributed by atoms with Crippen molar-refractivity contribution in [1.29, 1.82) is 0 Å². The van der Waals surface area contributed by atoms with Crippen LogP contribution >= 0.6 is 0 Å². The van der Waals surface area contributed by atoms with Crippen LogP contribution in [0.4, 0.5) is 0 Å². The number of likely N-dealkylation sites (N-methyl/N-ethyl adjacent to an activating group) is 1. The Labute approximate surface area is 121 Å². The molecule has 0 fully saturated rings. The van der Waals surface area contributed by atoms with Crippen LogP contribution in [-0.2, 0) is 11.2 Å². The third kappa shape index (κ3) is 5.72. The molecule has 0 saturated heterocycles. The molecule has 1 aromatic rings. The fraction of sp³-hybridized carbons (Fsp3) is 0.562. The molecule has 1 unspecified atom stereocenters. The van der Waals surface area contributed by atoms with Crippen LogP contribution in [0.3, 0.4) is 0 Å². The van der Waals surface area contributed by atoms with Crippen molar-refractivity contribution >= 4 is 5.91 Å². The first-order valence-corrected chi connectivity index (χ1v) is 6.89. The Morgan fingerprint density at radius 1 is 1.35 bits per heavy atom. The number of nitrogens with zero attached hydrogens (tertiary/aromatic N) is 1. The fourth-order valence-electron chi connectivity index (χ4n) is 2.25. The maximum Gasteiger partial charge on any atom is 0.224 e. The standard InChI is InChI=1S/C16H26N2O2/c1-12-6-7-13(2)14(8-12)9-15(19)17-10-16(3,20)11-18(4)5/h6-8,20H,9-11H2,1-5H3,(H,17,19). The molecule has 0 heterocycles. The first-order valence-electron chi connectivity index (χ1n) is 6.89. The van der Waals surface area contributed by atoms with Crippen LogP contribution in [0.5, 0.6) is 0 Å². The van der Waals surface area contributed by atoms with Crippen molar-refractivity contribution < 1.29 is 9.90 Å². The molecule has 1 aromatic carbocycles. The summed E-state index contributed by atoms with van der Waals surface area (Å²) >= 11 is 0. The zero-order valence-corrected chi connectivity index (χ0v) is 13.2. The fourth-order valence-corrected chi connectivity index (χ4v) is 2.25. The van der Waals surface area contributed by atoms with Gasteiger partial charge in [0, 0.05) is 13.1 Å². The average molecular weight is 278 g/mol. The van der Waals surface area contributed by atoms with Crippen LogP contribution in [0.15, 0.2) is 18.2 Å². The van der Waals surface area contributed by atoms with Crippen LogP contribution in [0.1, 0.15) is 23.6 Å². The molecule has 0 aromatic heterocycles. The molecule has 0 spiro atoms. The minimum atomic E-state index is -0.916. The van der Waals surface area contributed by atoms with Gasteiger partial charge in [-0.05, 0) is 46.0 Å². The zero-order chi connectivity index (χ0) is 15.3. The Balaban J connectivity index is 2.54. The Morgan fingerprint density at radius 2 is 2.00 bits per heavy atom. The topological polar surface area (TPSA) is 52.6 Å². The summed E-state index contributed by atoms with van der Waals surface area (Å²) in [6.07, 6.45) is 0.353. The van der Waals surface area contributed by atoms with E-state index in [4.69, 9.17) is 0 Å². The van der Waals surface area contributed by atoms with E-state index in [1.807, 2.05) is 51.0 Å². The van der Waals surface area contributed by atoms with Crippen molar-refractivity contribution in [3.63, 3.8) is 0 Å². The lowest BCUT2D eigenvalue weighted by atomic mass is 10.0. The number of nitrogens with one attached hydrogen (secondary N) is 1. The summed E-state index contributed by atoms with van der Waals surface area (Å²) in [5.41, 5.74) is 2.39. The molecule has 2 N–H and O–H groups in total. The molecule has 0 aliphatic heterocycles. The summed E-state index contributed by atoms with van der Waals surface area (Å²) in [5, 5.41) is 13.0. The van der Waals surface area contributed by atoms with Gasteiger partial charge >= 0.3 is 0 Å². The lowest BCUT2D eigenvalue weighted by Gasteiger charge is -2.27. The van der Waals surface area contributed by atoms with E-state index < -0.39 is 5.60 Å². The zero-order valence-electron chi connectivity index (χ0n) is 13.2. The number of aryl methyl sites for hydroxylation is 2. The molecule has 20 heavy (non-hydrogen) atoms. The number of rotatable bonds is 6. The molecular weight excluding hydrogens is 252 g/mol. The van der Waals surface area contributed by atoms with Crippen molar-refractivity contribution in [2.45, 2.75) is 32.8 Å². The summed E-state index contributed by atoms with van der Waals surface area (Å²) in [6.45, 7) is 6.52. The number of hydrogen-bond donors (Lipinski definition) is 2. The highest BCUT2D eigenvalue weighted by molar-refractivity contribution is 5.79. The quantitative estimate of drug-likeness (QED) is 0.824. The molecule has 0 saturated carbocycles. The van der Waals surface area contributed by atoms with Crippen LogP contribution in [0, 0.1) is 13.8 Å². The van der Waals surface area contributed by atoms with Gasteiger partial charge in [-0.25, -0.2) is 0 Å². The molecule has 1 rings (SSSR count). The third-order valence-electron chi connectivity index (χ3n) is 3.18. The van der Waals surface area contributed by atoms with Gasteiger partial charge in [0.05, 0.1) is 12.0 Å². The highest BCUT2D eigenvalue weighted by atomic mass is 16.3. The molecule has 4 nitrogen and oxygen atoms in total. The lowest BCUT2D eigenvalue weighted by molar-refractivity contribution is -0.121. The van der Waals surface area contributed by atoms with Crippen LogP contribution < -0.4 is 5.32 Å². The van der Waals surface area contributed by atoms with Crippen LogP contribution in [-0.4, -0.2) is 48.7 Å². The van der Waals surface area contributed by atoms with Gasteiger partial charge in [0.15, 0.2) is 0 Å². The maximum atomic E-state index is 12.0. The van der Waals surface area contributed by atoms with Gasteiger partial charge in [-0.2, -0.15) is 0 Å². The van der Waals surface area contributed by atoms with Crippen molar-refractivity contribution in [3.05, 3.63) is 34.9 Å². The first-order chi connectivity index (χ1) is 9.19. The van der Waals surface area contributed by atoms with Gasteiger partial charge in [-0.1, -0.05) is 23.8 Å². The van der Waals surface area contributed by atoms with Gasteiger partial charge in [-0.3, -0.25) is 4.79 Å². The smallest absolute Gasteiger partial charge is 0.224 e. The van der Waals surface area contributed by atoms with Crippen molar-refractivity contribution in [2.75, 3.05) is 27.2 Å². The predicted octanol–water partition coefficient (Wildman–Crippen LogP) is 1.27. The summed E-state index contributed by atoms with van der Waals surface area (Å²) in [5.74, 6) is -0.0577. The second kappa shape index (κ2) is 6.86. The predicted molar refractivity (Wildman–Crippen MR) is 81.8 cm³/mol. The second-order valence-electron chi connectivity index (χ2n) is 6.12. The number of carbonyl (C=O) groups excluding carboxylic acids is 1. The second-order valence-corrected chi connectivity index (χ2v) is 6.12. The normalized spacial score (nSPS) is 14.2. The number of aliphatic hydroxyl groups is 1. The lowest BCUT2D eigenvalue weighted by Crippen LogP contribution is -2.47. The Hall–Kier alpha value is -1.39. The molecule has 1 amide bonds. The minimum Gasteiger partial charge on any atom is -0.387 e. The molecule has 0 radical (unpaired) electrons. The SMILES string of the molecule is Cc1ccc(C)c(CC(=O)NCC(C)(O)CN(C)C)c1. The molecule has 4 heteroatoms. The van der Waals surface area contributed by atoms with Crippen LogP contribution in [0.25, 0.3) is 0 Å². The van der Waals surface area contributed by atoms with Gasteiger partial charge < -0.3 is 15.3 Å². The Morgan fingerprint density at radius 3 is 2.60 bits per heavy atom. The molecular formula is C16H26N2O2. The number of carbonyl (C=O) groups is 1. The molecule has 0 aliphatic rings. The Bertz CT molecular complexity index is 468. The van der Waals surface area contributed by atoms with Gasteiger partial charge in [0.2, 0.25) is 5.91 Å². The van der Waals surface area contributed by atoms with E-state index in [2.05, 4.69) is 5.32 Å². The monoisotopic (exact) mass is 278 g/mol.